The van der Waals surface area contributed by atoms with Gasteiger partial charge in [0.05, 0.1) is 5.02 Å². The third-order valence-corrected chi connectivity index (χ3v) is 3.48. The number of hydrogen-bond acceptors (Lipinski definition) is 2. The molecule has 0 spiro atoms. The molecule has 0 fully saturated rings. The molecule has 2 aromatic rings. The van der Waals surface area contributed by atoms with E-state index in [2.05, 4.69) is 5.32 Å². The van der Waals surface area contributed by atoms with Crippen molar-refractivity contribution in [3.05, 3.63) is 63.9 Å². The van der Waals surface area contributed by atoms with Crippen molar-refractivity contribution in [3.8, 4) is 5.75 Å². The number of nitrogens with one attached hydrogen (secondary N) is 1. The van der Waals surface area contributed by atoms with Crippen LogP contribution in [0.1, 0.15) is 5.56 Å². The second-order valence-electron chi connectivity index (χ2n) is 4.24. The fourth-order valence-corrected chi connectivity index (χ4v) is 1.94. The maximum Gasteiger partial charge on any atom is 0.258 e. The number of carbonyl (C=O) groups excluding carboxylic acids is 1. The molecule has 0 aromatic heterocycles. The number of ether oxygens (including phenoxy) is 1. The Labute approximate surface area is 131 Å². The van der Waals surface area contributed by atoms with Crippen molar-refractivity contribution in [2.24, 2.45) is 0 Å². The van der Waals surface area contributed by atoms with Gasteiger partial charge in [-0.15, -0.1) is 0 Å². The van der Waals surface area contributed by atoms with E-state index in [0.29, 0.717) is 17.3 Å². The van der Waals surface area contributed by atoms with Crippen molar-refractivity contribution >= 4 is 29.1 Å². The van der Waals surface area contributed by atoms with E-state index >= 15 is 0 Å². The quantitative estimate of drug-likeness (QED) is 0.906. The molecular weight excluding hydrogens is 316 g/mol. The Morgan fingerprint density at radius 1 is 1.14 bits per heavy atom. The van der Waals surface area contributed by atoms with Crippen LogP contribution in [-0.4, -0.2) is 12.5 Å². The predicted octanol–water partition coefficient (Wildman–Crippen LogP) is 3.83. The van der Waals surface area contributed by atoms with E-state index in [1.54, 1.807) is 30.3 Å². The summed E-state index contributed by atoms with van der Waals surface area (Å²) >= 11 is 11.8. The highest BCUT2D eigenvalue weighted by atomic mass is 35.5. The maximum absolute atomic E-state index is 12.7. The first-order valence-electron chi connectivity index (χ1n) is 6.14. The molecule has 0 aliphatic rings. The average Bonchev–Trinajstić information content (AvgIpc) is 2.48. The van der Waals surface area contributed by atoms with Crippen molar-refractivity contribution in [2.45, 2.75) is 6.54 Å². The zero-order valence-electron chi connectivity index (χ0n) is 10.9. The van der Waals surface area contributed by atoms with E-state index in [-0.39, 0.29) is 23.4 Å². The van der Waals surface area contributed by atoms with Gasteiger partial charge in [0.2, 0.25) is 0 Å². The summed E-state index contributed by atoms with van der Waals surface area (Å²) < 4.78 is 18.0. The molecule has 0 saturated carbocycles. The van der Waals surface area contributed by atoms with Crippen LogP contribution in [0.4, 0.5) is 4.39 Å². The molecule has 2 rings (SSSR count). The SMILES string of the molecule is O=C(COc1cccc(Cl)c1Cl)NCc1ccc(F)cc1. The molecule has 110 valence electrons. The molecule has 2 aromatic carbocycles. The highest BCUT2D eigenvalue weighted by Crippen LogP contribution is 2.31. The minimum absolute atomic E-state index is 0.179. The van der Waals surface area contributed by atoms with Crippen molar-refractivity contribution < 1.29 is 13.9 Å². The van der Waals surface area contributed by atoms with Crippen LogP contribution in [0.3, 0.4) is 0 Å². The van der Waals surface area contributed by atoms with Crippen molar-refractivity contribution in [2.75, 3.05) is 6.61 Å². The van der Waals surface area contributed by atoms with Gasteiger partial charge >= 0.3 is 0 Å². The average molecular weight is 328 g/mol. The van der Waals surface area contributed by atoms with Crippen LogP contribution in [0, 0.1) is 5.82 Å². The fourth-order valence-electron chi connectivity index (χ4n) is 1.59. The number of carbonyl (C=O) groups is 1. The van der Waals surface area contributed by atoms with Crippen LogP contribution >= 0.6 is 23.2 Å². The fraction of sp³-hybridized carbons (Fsp3) is 0.133. The summed E-state index contributed by atoms with van der Waals surface area (Å²) in [4.78, 5) is 11.7. The molecule has 0 bridgehead atoms. The lowest BCUT2D eigenvalue weighted by molar-refractivity contribution is -0.123. The number of halogens is 3. The summed E-state index contributed by atoms with van der Waals surface area (Å²) in [6.45, 7) is 0.118. The Balaban J connectivity index is 1.82. The topological polar surface area (TPSA) is 38.3 Å². The summed E-state index contributed by atoms with van der Waals surface area (Å²) in [5, 5.41) is 3.29. The monoisotopic (exact) mass is 327 g/mol. The molecule has 1 N–H and O–H groups in total. The molecule has 0 atom stereocenters. The third-order valence-electron chi connectivity index (χ3n) is 2.68. The Morgan fingerprint density at radius 3 is 2.57 bits per heavy atom. The van der Waals surface area contributed by atoms with Gasteiger partial charge < -0.3 is 10.1 Å². The lowest BCUT2D eigenvalue weighted by Crippen LogP contribution is -2.28. The van der Waals surface area contributed by atoms with Gasteiger partial charge in [-0.2, -0.15) is 0 Å². The molecule has 0 radical (unpaired) electrons. The van der Waals surface area contributed by atoms with Gasteiger partial charge in [0.25, 0.3) is 5.91 Å². The highest BCUT2D eigenvalue weighted by Gasteiger charge is 2.08. The number of amides is 1. The van der Waals surface area contributed by atoms with Gasteiger partial charge in [0.1, 0.15) is 16.6 Å². The first-order chi connectivity index (χ1) is 10.1. The summed E-state index contributed by atoms with van der Waals surface area (Å²) in [7, 11) is 0. The van der Waals surface area contributed by atoms with Crippen LogP contribution in [0.2, 0.25) is 10.0 Å². The molecule has 21 heavy (non-hydrogen) atoms. The molecule has 0 saturated heterocycles. The van der Waals surface area contributed by atoms with Crippen LogP contribution in [0.15, 0.2) is 42.5 Å². The van der Waals surface area contributed by atoms with E-state index < -0.39 is 0 Å². The van der Waals surface area contributed by atoms with Gasteiger partial charge in [-0.3, -0.25) is 4.79 Å². The van der Waals surface area contributed by atoms with E-state index in [1.807, 2.05) is 0 Å². The second kappa shape index (κ2) is 7.29. The van der Waals surface area contributed by atoms with Gasteiger partial charge in [-0.1, -0.05) is 41.4 Å². The number of benzene rings is 2. The molecule has 6 heteroatoms. The highest BCUT2D eigenvalue weighted by molar-refractivity contribution is 6.42. The Morgan fingerprint density at radius 2 is 1.86 bits per heavy atom. The zero-order valence-corrected chi connectivity index (χ0v) is 12.4. The normalized spacial score (nSPS) is 10.2. The molecule has 0 aliphatic heterocycles. The van der Waals surface area contributed by atoms with E-state index in [0.717, 1.165) is 5.56 Å². The largest absolute Gasteiger partial charge is 0.482 e. The van der Waals surface area contributed by atoms with E-state index in [9.17, 15) is 9.18 Å². The Hall–Kier alpha value is -1.78. The van der Waals surface area contributed by atoms with Gasteiger partial charge in [0.15, 0.2) is 6.61 Å². The van der Waals surface area contributed by atoms with Gasteiger partial charge in [0, 0.05) is 6.54 Å². The Bertz CT molecular complexity index is 632. The van der Waals surface area contributed by atoms with E-state index in [1.165, 1.54) is 12.1 Å². The van der Waals surface area contributed by atoms with Gasteiger partial charge in [-0.05, 0) is 29.8 Å². The summed E-state index contributed by atoms with van der Waals surface area (Å²) in [5.74, 6) is -0.277. The van der Waals surface area contributed by atoms with E-state index in [4.69, 9.17) is 27.9 Å². The standard InChI is InChI=1S/C15H12Cl2FNO2/c16-12-2-1-3-13(15(12)17)21-9-14(20)19-8-10-4-6-11(18)7-5-10/h1-7H,8-9H2,(H,19,20). The van der Waals surface area contributed by atoms with Crippen molar-refractivity contribution in [1.29, 1.82) is 0 Å². The summed E-state index contributed by atoms with van der Waals surface area (Å²) in [6, 6.07) is 10.8. The van der Waals surface area contributed by atoms with Crippen LogP contribution in [0.25, 0.3) is 0 Å². The number of rotatable bonds is 5. The smallest absolute Gasteiger partial charge is 0.258 e. The van der Waals surface area contributed by atoms with Crippen LogP contribution in [0.5, 0.6) is 5.75 Å². The summed E-state index contributed by atoms with van der Waals surface area (Å²) in [6.07, 6.45) is 0. The Kier molecular flexibility index (Phi) is 5.42. The van der Waals surface area contributed by atoms with Crippen molar-refractivity contribution in [3.63, 3.8) is 0 Å². The summed E-state index contributed by atoms with van der Waals surface area (Å²) in [5.41, 5.74) is 0.797. The molecule has 0 aliphatic carbocycles. The predicted molar refractivity (Wildman–Crippen MR) is 80.2 cm³/mol. The minimum Gasteiger partial charge on any atom is -0.482 e. The van der Waals surface area contributed by atoms with Crippen LogP contribution in [-0.2, 0) is 11.3 Å². The first-order valence-corrected chi connectivity index (χ1v) is 6.90. The van der Waals surface area contributed by atoms with Crippen molar-refractivity contribution in [1.82, 2.24) is 5.32 Å². The molecule has 0 unspecified atom stereocenters. The molecule has 0 heterocycles. The molecular formula is C15H12Cl2FNO2. The van der Waals surface area contributed by atoms with Crippen LogP contribution < -0.4 is 10.1 Å². The van der Waals surface area contributed by atoms with Gasteiger partial charge in [-0.25, -0.2) is 4.39 Å². The minimum atomic E-state index is -0.316. The first kappa shape index (κ1) is 15.6. The maximum atomic E-state index is 12.7. The lowest BCUT2D eigenvalue weighted by Gasteiger charge is -2.09. The lowest BCUT2D eigenvalue weighted by atomic mass is 10.2. The number of hydrogen-bond donors (Lipinski definition) is 1. The molecule has 1 amide bonds. The molecule has 3 nitrogen and oxygen atoms in total. The second-order valence-corrected chi connectivity index (χ2v) is 5.03. The third kappa shape index (κ3) is 4.62. The zero-order chi connectivity index (χ0) is 15.2.